The van der Waals surface area contributed by atoms with Gasteiger partial charge in [0.2, 0.25) is 5.96 Å². The zero-order chi connectivity index (χ0) is 18.4. The number of hydrazone groups is 1. The van der Waals surface area contributed by atoms with Crippen LogP contribution < -0.4 is 15.9 Å². The minimum atomic E-state index is 0.271. The van der Waals surface area contributed by atoms with Gasteiger partial charge in [0.25, 0.3) is 0 Å². The number of nitrogens with two attached hydrogens (primary N) is 1. The molecule has 2 aromatic carbocycles. The molecule has 0 fully saturated rings. The predicted octanol–water partition coefficient (Wildman–Crippen LogP) is 3.31. The number of para-hydroxylation sites is 1. The number of aromatic amines is 1. The Kier molecular flexibility index (Phi) is 5.76. The molecule has 0 saturated heterocycles. The van der Waals surface area contributed by atoms with E-state index in [2.05, 4.69) is 20.5 Å². The highest BCUT2D eigenvalue weighted by Crippen LogP contribution is 2.25. The number of guanidine groups is 1. The number of aromatic nitrogens is 1. The van der Waals surface area contributed by atoms with Crippen LogP contribution in [0.15, 0.2) is 58.8 Å². The highest BCUT2D eigenvalue weighted by atomic mass is 35.5. The Bertz CT molecular complexity index is 931. The second kappa shape index (κ2) is 8.40. The molecule has 1 heterocycles. The minimum Gasteiger partial charge on any atom is -0.495 e. The number of H-pyrrole nitrogens is 1. The minimum absolute atomic E-state index is 0.271. The second-order valence-corrected chi connectivity index (χ2v) is 6.08. The van der Waals surface area contributed by atoms with E-state index in [-0.39, 0.29) is 5.96 Å². The molecule has 0 amide bonds. The van der Waals surface area contributed by atoms with Crippen molar-refractivity contribution in [1.29, 1.82) is 0 Å². The van der Waals surface area contributed by atoms with Gasteiger partial charge in [0.15, 0.2) is 0 Å². The van der Waals surface area contributed by atoms with Crippen LogP contribution in [0.4, 0.5) is 0 Å². The van der Waals surface area contributed by atoms with Crippen molar-refractivity contribution in [3.63, 3.8) is 0 Å². The van der Waals surface area contributed by atoms with E-state index in [1.807, 2.05) is 48.7 Å². The standard InChI is InChI=1S/C19H20ClN5O/c1-26-17-4-2-3-16-14(11-23-18(16)17)12-24-25-19(21)22-10-9-13-5-7-15(20)8-6-13/h2-8,11-12,23H,9-10H2,1H3,(H3,21,22,25)/b24-12+. The first-order valence-electron chi connectivity index (χ1n) is 8.15. The van der Waals surface area contributed by atoms with Gasteiger partial charge in [-0.05, 0) is 30.2 Å². The third-order valence-electron chi connectivity index (χ3n) is 3.91. The maximum absolute atomic E-state index is 5.87. The zero-order valence-corrected chi connectivity index (χ0v) is 15.1. The lowest BCUT2D eigenvalue weighted by molar-refractivity contribution is 0.419. The third-order valence-corrected chi connectivity index (χ3v) is 4.16. The van der Waals surface area contributed by atoms with Crippen LogP contribution in [-0.2, 0) is 6.42 Å². The number of aliphatic imine (C=N–C) groups is 1. The number of halogens is 1. The normalized spacial score (nSPS) is 12.0. The summed E-state index contributed by atoms with van der Waals surface area (Å²) < 4.78 is 5.33. The van der Waals surface area contributed by atoms with Gasteiger partial charge in [-0.25, -0.2) is 5.43 Å². The van der Waals surface area contributed by atoms with Gasteiger partial charge >= 0.3 is 0 Å². The lowest BCUT2D eigenvalue weighted by atomic mass is 10.1. The predicted molar refractivity (Wildman–Crippen MR) is 107 cm³/mol. The summed E-state index contributed by atoms with van der Waals surface area (Å²) in [5, 5.41) is 5.89. The second-order valence-electron chi connectivity index (χ2n) is 5.64. The first-order valence-corrected chi connectivity index (χ1v) is 8.52. The summed E-state index contributed by atoms with van der Waals surface area (Å²) in [4.78, 5) is 7.45. The van der Waals surface area contributed by atoms with Gasteiger partial charge in [-0.3, -0.25) is 4.99 Å². The molecule has 6 nitrogen and oxygen atoms in total. The van der Waals surface area contributed by atoms with Crippen LogP contribution in [0.5, 0.6) is 5.75 Å². The number of benzene rings is 2. The molecule has 0 aliphatic heterocycles. The van der Waals surface area contributed by atoms with E-state index < -0.39 is 0 Å². The molecule has 26 heavy (non-hydrogen) atoms. The molecule has 0 spiro atoms. The molecular weight excluding hydrogens is 350 g/mol. The van der Waals surface area contributed by atoms with Gasteiger partial charge in [-0.15, -0.1) is 0 Å². The number of hydrogen-bond acceptors (Lipinski definition) is 3. The Labute approximate surface area is 156 Å². The third kappa shape index (κ3) is 4.34. The van der Waals surface area contributed by atoms with Crippen LogP contribution in [0, 0.1) is 0 Å². The molecule has 3 rings (SSSR count). The van der Waals surface area contributed by atoms with E-state index >= 15 is 0 Å². The summed E-state index contributed by atoms with van der Waals surface area (Å²) in [6.07, 6.45) is 4.34. The van der Waals surface area contributed by atoms with Crippen molar-refractivity contribution in [2.45, 2.75) is 6.42 Å². The van der Waals surface area contributed by atoms with Gasteiger partial charge in [-0.1, -0.05) is 35.9 Å². The molecule has 0 saturated carbocycles. The topological polar surface area (TPSA) is 87.8 Å². The number of rotatable bonds is 6. The Morgan fingerprint density at radius 1 is 1.27 bits per heavy atom. The van der Waals surface area contributed by atoms with Gasteiger partial charge in [0.05, 0.1) is 18.8 Å². The van der Waals surface area contributed by atoms with Crippen molar-refractivity contribution in [3.05, 3.63) is 64.8 Å². The largest absolute Gasteiger partial charge is 0.495 e. The van der Waals surface area contributed by atoms with Crippen molar-refractivity contribution in [2.75, 3.05) is 13.7 Å². The van der Waals surface area contributed by atoms with Crippen molar-refractivity contribution in [3.8, 4) is 5.75 Å². The van der Waals surface area contributed by atoms with Crippen LogP contribution in [0.3, 0.4) is 0 Å². The van der Waals surface area contributed by atoms with E-state index in [0.29, 0.717) is 6.54 Å². The van der Waals surface area contributed by atoms with Gasteiger partial charge in [-0.2, -0.15) is 5.10 Å². The molecule has 134 valence electrons. The van der Waals surface area contributed by atoms with Gasteiger partial charge in [0, 0.05) is 28.7 Å². The smallest absolute Gasteiger partial charge is 0.209 e. The average molecular weight is 370 g/mol. The molecule has 0 aliphatic rings. The number of nitrogens with one attached hydrogen (secondary N) is 2. The Morgan fingerprint density at radius 3 is 2.85 bits per heavy atom. The summed E-state index contributed by atoms with van der Waals surface area (Å²) in [5.41, 5.74) is 11.6. The SMILES string of the molecule is COc1cccc2c(/C=N/NC(N)=NCCc3ccc(Cl)cc3)c[nH]c12. The van der Waals surface area contributed by atoms with E-state index in [1.54, 1.807) is 13.3 Å². The monoisotopic (exact) mass is 369 g/mol. The van der Waals surface area contributed by atoms with Crippen LogP contribution in [0.1, 0.15) is 11.1 Å². The first kappa shape index (κ1) is 17.8. The Morgan fingerprint density at radius 2 is 2.08 bits per heavy atom. The van der Waals surface area contributed by atoms with Crippen molar-refractivity contribution in [1.82, 2.24) is 10.4 Å². The highest BCUT2D eigenvalue weighted by Gasteiger charge is 2.05. The van der Waals surface area contributed by atoms with Crippen molar-refractivity contribution >= 4 is 34.7 Å². The molecule has 7 heteroatoms. The number of nitrogens with zero attached hydrogens (tertiary/aromatic N) is 2. The molecular formula is C19H20ClN5O. The number of hydrogen-bond donors (Lipinski definition) is 3. The molecule has 4 N–H and O–H groups in total. The summed E-state index contributed by atoms with van der Waals surface area (Å²) in [6, 6.07) is 13.5. The fraction of sp³-hybridized carbons (Fsp3) is 0.158. The number of ether oxygens (including phenoxy) is 1. The molecule has 0 bridgehead atoms. The molecule has 0 unspecified atom stereocenters. The fourth-order valence-corrected chi connectivity index (χ4v) is 2.71. The van der Waals surface area contributed by atoms with Crippen molar-refractivity contribution in [2.24, 2.45) is 15.8 Å². The maximum Gasteiger partial charge on any atom is 0.209 e. The van der Waals surface area contributed by atoms with E-state index in [1.165, 1.54) is 0 Å². The van der Waals surface area contributed by atoms with Crippen molar-refractivity contribution < 1.29 is 4.74 Å². The van der Waals surface area contributed by atoms with Crippen LogP contribution in [0.2, 0.25) is 5.02 Å². The molecule has 0 atom stereocenters. The Balaban J connectivity index is 1.57. The van der Waals surface area contributed by atoms with Crippen LogP contribution in [-0.4, -0.2) is 30.8 Å². The summed E-state index contributed by atoms with van der Waals surface area (Å²) in [5.74, 6) is 1.06. The van der Waals surface area contributed by atoms with E-state index in [4.69, 9.17) is 22.1 Å². The summed E-state index contributed by atoms with van der Waals surface area (Å²) in [7, 11) is 1.64. The maximum atomic E-state index is 5.87. The lowest BCUT2D eigenvalue weighted by Crippen LogP contribution is -2.27. The first-order chi connectivity index (χ1) is 12.7. The van der Waals surface area contributed by atoms with E-state index in [0.717, 1.165) is 39.2 Å². The average Bonchev–Trinajstić information content (AvgIpc) is 3.07. The van der Waals surface area contributed by atoms with Crippen LogP contribution in [0.25, 0.3) is 10.9 Å². The molecule has 0 radical (unpaired) electrons. The number of fused-ring (bicyclic) bond motifs is 1. The van der Waals surface area contributed by atoms with Gasteiger partial charge in [0.1, 0.15) is 5.75 Å². The van der Waals surface area contributed by atoms with Crippen LogP contribution >= 0.6 is 11.6 Å². The molecule has 0 aliphatic carbocycles. The summed E-state index contributed by atoms with van der Waals surface area (Å²) in [6.45, 7) is 0.570. The number of methoxy groups -OCH3 is 1. The zero-order valence-electron chi connectivity index (χ0n) is 14.4. The van der Waals surface area contributed by atoms with Gasteiger partial charge < -0.3 is 15.5 Å². The summed E-state index contributed by atoms with van der Waals surface area (Å²) >= 11 is 5.87. The molecule has 1 aromatic heterocycles. The quantitative estimate of drug-likeness (QED) is 0.354. The highest BCUT2D eigenvalue weighted by molar-refractivity contribution is 6.30. The lowest BCUT2D eigenvalue weighted by Gasteiger charge is -2.01. The van der Waals surface area contributed by atoms with E-state index in [9.17, 15) is 0 Å². The molecule has 3 aromatic rings. The Hall–Kier alpha value is -2.99. The fourth-order valence-electron chi connectivity index (χ4n) is 2.58.